The number of rotatable bonds is 3. The monoisotopic (exact) mass is 207 g/mol. The zero-order chi connectivity index (χ0) is 10.8. The topological polar surface area (TPSA) is 75.3 Å². The molecule has 0 saturated carbocycles. The van der Waals surface area contributed by atoms with Gasteiger partial charge in [-0.1, -0.05) is 0 Å². The van der Waals surface area contributed by atoms with Crippen LogP contribution < -0.4 is 5.32 Å². The number of aliphatic hydroxyl groups excluding tert-OH is 1. The molecule has 0 aromatic carbocycles. The van der Waals surface area contributed by atoms with Gasteiger partial charge in [0.2, 0.25) is 0 Å². The summed E-state index contributed by atoms with van der Waals surface area (Å²) in [5.41, 5.74) is 0.864. The molecule has 0 saturated heterocycles. The Morgan fingerprint density at radius 1 is 1.60 bits per heavy atom. The van der Waals surface area contributed by atoms with E-state index in [2.05, 4.69) is 20.4 Å². The number of nitrogens with one attached hydrogen (secondary N) is 1. The Hall–Kier alpha value is -1.69. The second-order valence-corrected chi connectivity index (χ2v) is 3.48. The van der Waals surface area contributed by atoms with Crippen molar-refractivity contribution in [1.82, 2.24) is 19.6 Å². The minimum absolute atomic E-state index is 0.0285. The third-order valence-corrected chi connectivity index (χ3v) is 2.05. The zero-order valence-corrected chi connectivity index (χ0v) is 8.68. The SMILES string of the molecule is Cc1cc(NC(C)CO)n2ncnc2n1. The summed E-state index contributed by atoms with van der Waals surface area (Å²) in [4.78, 5) is 8.23. The molecule has 2 heterocycles. The van der Waals surface area contributed by atoms with E-state index in [1.54, 1.807) is 4.52 Å². The molecule has 0 aliphatic carbocycles. The Morgan fingerprint density at radius 2 is 2.40 bits per heavy atom. The van der Waals surface area contributed by atoms with Crippen LogP contribution in [0.25, 0.3) is 5.78 Å². The van der Waals surface area contributed by atoms with Crippen LogP contribution in [0.2, 0.25) is 0 Å². The number of nitrogens with zero attached hydrogens (tertiary/aromatic N) is 4. The fourth-order valence-corrected chi connectivity index (χ4v) is 1.33. The van der Waals surface area contributed by atoms with Gasteiger partial charge in [-0.05, 0) is 13.8 Å². The highest BCUT2D eigenvalue weighted by atomic mass is 16.3. The molecule has 0 amide bonds. The summed E-state index contributed by atoms with van der Waals surface area (Å²) in [5.74, 6) is 1.35. The Labute approximate surface area is 87.0 Å². The summed E-state index contributed by atoms with van der Waals surface area (Å²) >= 11 is 0. The van der Waals surface area contributed by atoms with Gasteiger partial charge in [0.05, 0.1) is 6.61 Å². The van der Waals surface area contributed by atoms with E-state index in [-0.39, 0.29) is 12.6 Å². The van der Waals surface area contributed by atoms with E-state index in [9.17, 15) is 0 Å². The normalized spacial score (nSPS) is 13.0. The van der Waals surface area contributed by atoms with Crippen molar-refractivity contribution in [2.24, 2.45) is 0 Å². The van der Waals surface area contributed by atoms with E-state index in [4.69, 9.17) is 5.11 Å². The third kappa shape index (κ3) is 1.89. The first-order valence-corrected chi connectivity index (χ1v) is 4.75. The first-order chi connectivity index (χ1) is 7.20. The molecule has 6 heteroatoms. The maximum atomic E-state index is 8.96. The summed E-state index contributed by atoms with van der Waals surface area (Å²) in [5, 5.41) is 16.1. The Bertz CT molecular complexity index is 466. The highest BCUT2D eigenvalue weighted by Crippen LogP contribution is 2.10. The molecule has 0 radical (unpaired) electrons. The Kier molecular flexibility index (Phi) is 2.51. The van der Waals surface area contributed by atoms with Crippen molar-refractivity contribution in [2.75, 3.05) is 11.9 Å². The highest BCUT2D eigenvalue weighted by molar-refractivity contribution is 5.45. The van der Waals surface area contributed by atoms with Gasteiger partial charge in [-0.15, -0.1) is 0 Å². The van der Waals surface area contributed by atoms with Crippen molar-refractivity contribution >= 4 is 11.6 Å². The van der Waals surface area contributed by atoms with Crippen LogP contribution >= 0.6 is 0 Å². The summed E-state index contributed by atoms with van der Waals surface area (Å²) in [6, 6.07) is 1.84. The molecule has 2 aromatic heterocycles. The van der Waals surface area contributed by atoms with Gasteiger partial charge in [-0.3, -0.25) is 0 Å². The molecule has 80 valence electrons. The molecular weight excluding hydrogens is 194 g/mol. The largest absolute Gasteiger partial charge is 0.394 e. The predicted molar refractivity (Wildman–Crippen MR) is 55.7 cm³/mol. The second-order valence-electron chi connectivity index (χ2n) is 3.48. The summed E-state index contributed by atoms with van der Waals surface area (Å²) in [7, 11) is 0. The molecule has 1 atom stereocenters. The van der Waals surface area contributed by atoms with Crippen molar-refractivity contribution in [3.63, 3.8) is 0 Å². The van der Waals surface area contributed by atoms with Crippen LogP contribution in [-0.2, 0) is 0 Å². The van der Waals surface area contributed by atoms with Crippen LogP contribution in [0.15, 0.2) is 12.4 Å². The van der Waals surface area contributed by atoms with Crippen LogP contribution in [0.4, 0.5) is 5.82 Å². The van der Waals surface area contributed by atoms with Gasteiger partial charge in [-0.2, -0.15) is 14.6 Å². The number of aromatic nitrogens is 4. The van der Waals surface area contributed by atoms with Crippen LogP contribution in [0.3, 0.4) is 0 Å². The standard InChI is InChI=1S/C9H13N5O/c1-6-3-8(12-7(2)4-15)14-9(13-6)10-5-11-14/h3,5,7,12,15H,4H2,1-2H3. The third-order valence-electron chi connectivity index (χ3n) is 2.05. The molecule has 6 nitrogen and oxygen atoms in total. The van der Waals surface area contributed by atoms with Crippen molar-refractivity contribution in [3.05, 3.63) is 18.1 Å². The van der Waals surface area contributed by atoms with Gasteiger partial charge in [0.1, 0.15) is 12.1 Å². The van der Waals surface area contributed by atoms with Crippen molar-refractivity contribution in [1.29, 1.82) is 0 Å². The van der Waals surface area contributed by atoms with Crippen molar-refractivity contribution in [3.8, 4) is 0 Å². The molecule has 2 N–H and O–H groups in total. The van der Waals surface area contributed by atoms with E-state index >= 15 is 0 Å². The van der Waals surface area contributed by atoms with Gasteiger partial charge < -0.3 is 10.4 Å². The molecule has 2 aromatic rings. The number of aliphatic hydroxyl groups is 1. The summed E-state index contributed by atoms with van der Waals surface area (Å²) in [6.45, 7) is 3.85. The minimum atomic E-state index is -0.0285. The fraction of sp³-hybridized carbons (Fsp3) is 0.444. The molecule has 0 aliphatic heterocycles. The van der Waals surface area contributed by atoms with Crippen LogP contribution in [0, 0.1) is 6.92 Å². The summed E-state index contributed by atoms with van der Waals surface area (Å²) < 4.78 is 1.61. The van der Waals surface area contributed by atoms with Gasteiger partial charge in [0.15, 0.2) is 0 Å². The lowest BCUT2D eigenvalue weighted by Gasteiger charge is -2.13. The van der Waals surface area contributed by atoms with Crippen molar-refractivity contribution in [2.45, 2.75) is 19.9 Å². The van der Waals surface area contributed by atoms with Crippen LogP contribution in [0.5, 0.6) is 0 Å². The highest BCUT2D eigenvalue weighted by Gasteiger charge is 2.07. The maximum absolute atomic E-state index is 8.96. The number of hydrogen-bond acceptors (Lipinski definition) is 5. The van der Waals surface area contributed by atoms with Crippen LogP contribution in [-0.4, -0.2) is 37.3 Å². The lowest BCUT2D eigenvalue weighted by atomic mass is 10.3. The fourth-order valence-electron chi connectivity index (χ4n) is 1.33. The first kappa shape index (κ1) is 9.85. The number of anilines is 1. The molecule has 0 aliphatic rings. The Balaban J connectivity index is 2.44. The minimum Gasteiger partial charge on any atom is -0.394 e. The maximum Gasteiger partial charge on any atom is 0.254 e. The van der Waals surface area contributed by atoms with E-state index in [1.165, 1.54) is 6.33 Å². The van der Waals surface area contributed by atoms with Crippen LogP contribution in [0.1, 0.15) is 12.6 Å². The lowest BCUT2D eigenvalue weighted by molar-refractivity contribution is 0.281. The van der Waals surface area contributed by atoms with Gasteiger partial charge >= 0.3 is 0 Å². The smallest absolute Gasteiger partial charge is 0.254 e. The average Bonchev–Trinajstić information content (AvgIpc) is 2.65. The van der Waals surface area contributed by atoms with Gasteiger partial charge in [-0.25, -0.2) is 4.98 Å². The molecule has 0 bridgehead atoms. The van der Waals surface area contributed by atoms with Crippen molar-refractivity contribution < 1.29 is 5.11 Å². The zero-order valence-electron chi connectivity index (χ0n) is 8.68. The lowest BCUT2D eigenvalue weighted by Crippen LogP contribution is -2.21. The summed E-state index contributed by atoms with van der Waals surface area (Å²) in [6.07, 6.45) is 1.45. The molecule has 1 unspecified atom stereocenters. The number of fused-ring (bicyclic) bond motifs is 1. The van der Waals surface area contributed by atoms with E-state index in [1.807, 2.05) is 19.9 Å². The Morgan fingerprint density at radius 3 is 3.13 bits per heavy atom. The van der Waals surface area contributed by atoms with E-state index < -0.39 is 0 Å². The quantitative estimate of drug-likeness (QED) is 0.753. The molecule has 0 fully saturated rings. The van der Waals surface area contributed by atoms with E-state index in [0.717, 1.165) is 11.5 Å². The predicted octanol–water partition coefficient (Wildman–Crippen LogP) is 0.225. The number of hydrogen-bond donors (Lipinski definition) is 2. The number of aryl methyl sites for hydroxylation is 1. The van der Waals surface area contributed by atoms with Gasteiger partial charge in [0, 0.05) is 17.8 Å². The molecule has 0 spiro atoms. The van der Waals surface area contributed by atoms with Gasteiger partial charge in [0.25, 0.3) is 5.78 Å². The second kappa shape index (κ2) is 3.82. The van der Waals surface area contributed by atoms with E-state index in [0.29, 0.717) is 5.78 Å². The molecule has 15 heavy (non-hydrogen) atoms. The molecular formula is C9H13N5O. The average molecular weight is 207 g/mol. The first-order valence-electron chi connectivity index (χ1n) is 4.75. The molecule has 2 rings (SSSR count).